The number of rotatable bonds is 4. The fourth-order valence-electron chi connectivity index (χ4n) is 2.20. The standard InChI is InChI=1S/C14H15BrFNO3/c15-12-6-5-9(16)7-11(12)14(19)20-8-13(18)17-10-3-1-2-4-10/h5-7,10H,1-4,8H2,(H,17,18). The maximum atomic E-state index is 13.1. The van der Waals surface area contributed by atoms with Crippen LogP contribution in [0.2, 0.25) is 0 Å². The van der Waals surface area contributed by atoms with Crippen LogP contribution < -0.4 is 5.32 Å². The molecule has 0 unspecified atom stereocenters. The number of esters is 1. The van der Waals surface area contributed by atoms with Crippen molar-refractivity contribution in [1.82, 2.24) is 5.32 Å². The van der Waals surface area contributed by atoms with E-state index in [1.54, 1.807) is 0 Å². The first-order chi connectivity index (χ1) is 9.56. The van der Waals surface area contributed by atoms with Crippen LogP contribution in [0.1, 0.15) is 36.0 Å². The van der Waals surface area contributed by atoms with Crippen LogP contribution in [0, 0.1) is 5.82 Å². The van der Waals surface area contributed by atoms with E-state index in [2.05, 4.69) is 21.2 Å². The number of nitrogens with one attached hydrogen (secondary N) is 1. The molecule has 0 saturated heterocycles. The molecule has 0 bridgehead atoms. The molecular weight excluding hydrogens is 329 g/mol. The van der Waals surface area contributed by atoms with E-state index in [4.69, 9.17) is 4.74 Å². The number of carbonyl (C=O) groups excluding carboxylic acids is 2. The molecule has 1 N–H and O–H groups in total. The third kappa shape index (κ3) is 4.03. The fraction of sp³-hybridized carbons (Fsp3) is 0.429. The lowest BCUT2D eigenvalue weighted by atomic mass is 10.2. The van der Waals surface area contributed by atoms with Crippen molar-refractivity contribution in [3.63, 3.8) is 0 Å². The average Bonchev–Trinajstić information content (AvgIpc) is 2.91. The Morgan fingerprint density at radius 3 is 2.75 bits per heavy atom. The van der Waals surface area contributed by atoms with Gasteiger partial charge in [-0.2, -0.15) is 0 Å². The molecule has 0 spiro atoms. The van der Waals surface area contributed by atoms with Crippen LogP contribution >= 0.6 is 15.9 Å². The summed E-state index contributed by atoms with van der Waals surface area (Å²) in [5, 5.41) is 2.81. The maximum Gasteiger partial charge on any atom is 0.339 e. The van der Waals surface area contributed by atoms with E-state index in [1.165, 1.54) is 12.1 Å². The van der Waals surface area contributed by atoms with Crippen LogP contribution in [-0.4, -0.2) is 24.5 Å². The fourth-order valence-corrected chi connectivity index (χ4v) is 2.61. The molecule has 0 aliphatic heterocycles. The molecule has 0 aromatic heterocycles. The SMILES string of the molecule is O=C(COC(=O)c1cc(F)ccc1Br)NC1CCCC1. The van der Waals surface area contributed by atoms with Gasteiger partial charge in [-0.1, -0.05) is 12.8 Å². The molecular formula is C14H15BrFNO3. The third-order valence-corrected chi connectivity index (χ3v) is 3.89. The number of benzene rings is 1. The molecule has 1 aliphatic rings. The Kier molecular flexibility index (Phi) is 5.11. The predicted molar refractivity (Wildman–Crippen MR) is 74.8 cm³/mol. The molecule has 1 aromatic rings. The number of amides is 1. The van der Waals surface area contributed by atoms with Crippen molar-refractivity contribution in [3.05, 3.63) is 34.1 Å². The number of hydrogen-bond donors (Lipinski definition) is 1. The van der Waals surface area contributed by atoms with E-state index in [0.717, 1.165) is 31.7 Å². The number of hydrogen-bond acceptors (Lipinski definition) is 3. The summed E-state index contributed by atoms with van der Waals surface area (Å²) in [5.41, 5.74) is 0.0682. The van der Waals surface area contributed by atoms with Crippen LogP contribution in [0.3, 0.4) is 0 Å². The zero-order valence-corrected chi connectivity index (χ0v) is 12.4. The normalized spacial score (nSPS) is 15.1. The molecule has 1 amide bonds. The highest BCUT2D eigenvalue weighted by Crippen LogP contribution is 2.19. The molecule has 0 heterocycles. The minimum Gasteiger partial charge on any atom is -0.452 e. The summed E-state index contributed by atoms with van der Waals surface area (Å²) >= 11 is 3.14. The number of carbonyl (C=O) groups is 2. The summed E-state index contributed by atoms with van der Waals surface area (Å²) in [6.45, 7) is -0.349. The van der Waals surface area contributed by atoms with E-state index >= 15 is 0 Å². The highest BCUT2D eigenvalue weighted by atomic mass is 79.9. The van der Waals surface area contributed by atoms with E-state index in [-0.39, 0.29) is 24.1 Å². The smallest absolute Gasteiger partial charge is 0.339 e. The van der Waals surface area contributed by atoms with Gasteiger partial charge >= 0.3 is 5.97 Å². The average molecular weight is 344 g/mol. The molecule has 0 radical (unpaired) electrons. The zero-order valence-electron chi connectivity index (χ0n) is 10.8. The Labute approximate surface area is 124 Å². The largest absolute Gasteiger partial charge is 0.452 e. The molecule has 6 heteroatoms. The van der Waals surface area contributed by atoms with Gasteiger partial charge in [-0.25, -0.2) is 9.18 Å². The predicted octanol–water partition coefficient (Wildman–Crippen LogP) is 2.80. The van der Waals surface area contributed by atoms with Crippen LogP contribution in [0.15, 0.2) is 22.7 Å². The van der Waals surface area contributed by atoms with Gasteiger partial charge in [0.2, 0.25) is 0 Å². The van der Waals surface area contributed by atoms with Gasteiger partial charge in [0, 0.05) is 10.5 Å². The molecule has 0 atom stereocenters. The van der Waals surface area contributed by atoms with Gasteiger partial charge in [0.15, 0.2) is 6.61 Å². The highest BCUT2D eigenvalue weighted by molar-refractivity contribution is 9.10. The summed E-state index contributed by atoms with van der Waals surface area (Å²) in [4.78, 5) is 23.4. The van der Waals surface area contributed by atoms with Crippen LogP contribution in [0.25, 0.3) is 0 Å². The van der Waals surface area contributed by atoms with Crippen molar-refractivity contribution < 1.29 is 18.7 Å². The van der Waals surface area contributed by atoms with Gasteiger partial charge in [-0.3, -0.25) is 4.79 Å². The molecule has 1 fully saturated rings. The molecule has 1 aromatic carbocycles. The second-order valence-corrected chi connectivity index (χ2v) is 5.60. The van der Waals surface area contributed by atoms with E-state index in [9.17, 15) is 14.0 Å². The quantitative estimate of drug-likeness (QED) is 0.855. The second-order valence-electron chi connectivity index (χ2n) is 4.75. The Bertz CT molecular complexity index is 515. The first-order valence-corrected chi connectivity index (χ1v) is 7.27. The molecule has 1 aliphatic carbocycles. The lowest BCUT2D eigenvalue weighted by molar-refractivity contribution is -0.124. The van der Waals surface area contributed by atoms with Gasteiger partial charge in [0.05, 0.1) is 5.56 Å². The van der Waals surface area contributed by atoms with Gasteiger partial charge < -0.3 is 10.1 Å². The van der Waals surface area contributed by atoms with Crippen LogP contribution in [0.4, 0.5) is 4.39 Å². The van der Waals surface area contributed by atoms with Crippen molar-refractivity contribution >= 4 is 27.8 Å². The molecule has 1 saturated carbocycles. The first-order valence-electron chi connectivity index (χ1n) is 6.48. The number of ether oxygens (including phenoxy) is 1. The topological polar surface area (TPSA) is 55.4 Å². The summed E-state index contributed by atoms with van der Waals surface area (Å²) in [5.74, 6) is -1.58. The Hall–Kier alpha value is -1.43. The minimum atomic E-state index is -0.724. The lowest BCUT2D eigenvalue weighted by Gasteiger charge is -2.12. The summed E-state index contributed by atoms with van der Waals surface area (Å²) in [6, 6.07) is 3.90. The van der Waals surface area contributed by atoms with Crippen molar-refractivity contribution in [2.45, 2.75) is 31.7 Å². The van der Waals surface area contributed by atoms with E-state index in [1.807, 2.05) is 0 Å². The molecule has 108 valence electrons. The maximum absolute atomic E-state index is 13.1. The summed E-state index contributed by atoms with van der Waals surface area (Å²) in [7, 11) is 0. The highest BCUT2D eigenvalue weighted by Gasteiger charge is 2.19. The van der Waals surface area contributed by atoms with Crippen molar-refractivity contribution in [2.75, 3.05) is 6.61 Å². The van der Waals surface area contributed by atoms with Crippen LogP contribution in [0.5, 0.6) is 0 Å². The van der Waals surface area contributed by atoms with Crippen molar-refractivity contribution in [3.8, 4) is 0 Å². The second kappa shape index (κ2) is 6.83. The van der Waals surface area contributed by atoms with Crippen LogP contribution in [-0.2, 0) is 9.53 Å². The molecule has 4 nitrogen and oxygen atoms in total. The molecule has 2 rings (SSSR count). The third-order valence-electron chi connectivity index (χ3n) is 3.20. The summed E-state index contributed by atoms with van der Waals surface area (Å²) < 4.78 is 18.4. The number of halogens is 2. The molecule has 20 heavy (non-hydrogen) atoms. The first kappa shape index (κ1) is 15.0. The van der Waals surface area contributed by atoms with Gasteiger partial charge in [-0.05, 0) is 47.0 Å². The van der Waals surface area contributed by atoms with Gasteiger partial charge in [0.25, 0.3) is 5.91 Å². The van der Waals surface area contributed by atoms with E-state index < -0.39 is 11.8 Å². The monoisotopic (exact) mass is 343 g/mol. The van der Waals surface area contributed by atoms with Gasteiger partial charge in [-0.15, -0.1) is 0 Å². The Balaban J connectivity index is 1.85. The minimum absolute atomic E-state index is 0.0682. The van der Waals surface area contributed by atoms with E-state index in [0.29, 0.717) is 4.47 Å². The van der Waals surface area contributed by atoms with Gasteiger partial charge in [0.1, 0.15) is 5.82 Å². The van der Waals surface area contributed by atoms with Crippen molar-refractivity contribution in [1.29, 1.82) is 0 Å². The Morgan fingerprint density at radius 2 is 2.05 bits per heavy atom. The van der Waals surface area contributed by atoms with Crippen molar-refractivity contribution in [2.24, 2.45) is 0 Å². The summed E-state index contributed by atoms with van der Waals surface area (Å²) in [6.07, 6.45) is 4.16. The Morgan fingerprint density at radius 1 is 1.35 bits per heavy atom. The lowest BCUT2D eigenvalue weighted by Crippen LogP contribution is -2.35. The zero-order chi connectivity index (χ0) is 14.5.